The highest BCUT2D eigenvalue weighted by atomic mass is 15.0. The van der Waals surface area contributed by atoms with E-state index in [1.165, 1.54) is 111 Å². The van der Waals surface area contributed by atoms with Crippen molar-refractivity contribution in [2.75, 3.05) is 0 Å². The van der Waals surface area contributed by atoms with Gasteiger partial charge in [-0.15, -0.1) is 0 Å². The summed E-state index contributed by atoms with van der Waals surface area (Å²) in [5, 5.41) is 4.77. The number of aromatic nitrogens is 4. The molecule has 0 atom stereocenters. The molecule has 3 aromatic heterocycles. The van der Waals surface area contributed by atoms with Gasteiger partial charge in [-0.05, 0) is 189 Å². The summed E-state index contributed by atoms with van der Waals surface area (Å²) in [5.41, 5.74) is 33.3. The molecule has 0 aliphatic rings. The number of aryl methyl sites for hydroxylation is 8. The molecule has 0 bridgehead atoms. The van der Waals surface area contributed by atoms with E-state index in [1.54, 1.807) is 0 Å². The average molecular weight is 1130 g/mol. The SMILES string of the molecule is Cc1ccc(-c2ccc3c(c2)c2cc(-c4ccc(C)cc4C)ccc2n3-c2ccccc2-c2ccc(-c3nc(-c4ccccc4)cc(-c4ccccc4)n3)cc2-n2c3ccc(-c4ccc(C)cc4C)cc3c3cc(-c4ccc(C)cc4C)ccc32)c(C)c1. The van der Waals surface area contributed by atoms with E-state index in [9.17, 15) is 0 Å². The number of nitrogens with zero attached hydrogens (tertiary/aromatic N) is 4. The van der Waals surface area contributed by atoms with Crippen LogP contribution < -0.4 is 0 Å². The molecule has 88 heavy (non-hydrogen) atoms. The lowest BCUT2D eigenvalue weighted by atomic mass is 9.95. The fourth-order valence-corrected chi connectivity index (χ4v) is 13.9. The number of hydrogen-bond donors (Lipinski definition) is 0. The minimum Gasteiger partial charge on any atom is -0.309 e. The summed E-state index contributed by atoms with van der Waals surface area (Å²) in [5.74, 6) is 0.651. The highest BCUT2D eigenvalue weighted by Crippen LogP contribution is 2.46. The number of hydrogen-bond acceptors (Lipinski definition) is 2. The van der Waals surface area contributed by atoms with Crippen LogP contribution in [0.15, 0.2) is 255 Å². The zero-order valence-electron chi connectivity index (χ0n) is 51.0. The summed E-state index contributed by atoms with van der Waals surface area (Å²) in [6, 6.07) is 94.5. The Hall–Kier alpha value is -10.7. The highest BCUT2D eigenvalue weighted by molar-refractivity contribution is 6.14. The number of para-hydroxylation sites is 1. The molecule has 4 heteroatoms. The molecular weight excluding hydrogens is 1060 g/mol. The Morgan fingerprint density at radius 1 is 0.227 bits per heavy atom. The average Bonchev–Trinajstić information content (AvgIpc) is 1.87. The van der Waals surface area contributed by atoms with Crippen molar-refractivity contribution in [2.45, 2.75) is 55.4 Å². The highest BCUT2D eigenvalue weighted by Gasteiger charge is 2.24. The first-order valence-electron chi connectivity index (χ1n) is 30.6. The summed E-state index contributed by atoms with van der Waals surface area (Å²) < 4.78 is 5.02. The predicted octanol–water partition coefficient (Wildman–Crippen LogP) is 22.5. The van der Waals surface area contributed by atoms with Crippen molar-refractivity contribution >= 4 is 43.6 Å². The van der Waals surface area contributed by atoms with Crippen LogP contribution in [-0.4, -0.2) is 19.1 Å². The summed E-state index contributed by atoms with van der Waals surface area (Å²) in [7, 11) is 0. The van der Waals surface area contributed by atoms with Crippen LogP contribution in [0.25, 0.3) is 145 Å². The van der Waals surface area contributed by atoms with Crippen molar-refractivity contribution in [2.24, 2.45) is 0 Å². The topological polar surface area (TPSA) is 35.6 Å². The second-order valence-corrected chi connectivity index (χ2v) is 24.3. The summed E-state index contributed by atoms with van der Waals surface area (Å²) in [6.45, 7) is 17.6. The minimum absolute atomic E-state index is 0.651. The van der Waals surface area contributed by atoms with Gasteiger partial charge in [-0.25, -0.2) is 9.97 Å². The van der Waals surface area contributed by atoms with Crippen LogP contribution in [0.2, 0.25) is 0 Å². The molecule has 0 saturated heterocycles. The van der Waals surface area contributed by atoms with E-state index in [-0.39, 0.29) is 0 Å². The van der Waals surface area contributed by atoms with Crippen molar-refractivity contribution in [3.8, 4) is 101 Å². The predicted molar refractivity (Wildman–Crippen MR) is 372 cm³/mol. The fourth-order valence-electron chi connectivity index (χ4n) is 13.9. The fraction of sp³-hybridized carbons (Fsp3) is 0.0952. The van der Waals surface area contributed by atoms with Gasteiger partial charge in [-0.2, -0.15) is 0 Å². The van der Waals surface area contributed by atoms with Crippen LogP contribution in [0.1, 0.15) is 44.5 Å². The maximum Gasteiger partial charge on any atom is 0.160 e. The number of rotatable bonds is 10. The molecule has 0 fully saturated rings. The molecule has 0 amide bonds. The van der Waals surface area contributed by atoms with Crippen LogP contribution in [0.3, 0.4) is 0 Å². The zero-order valence-corrected chi connectivity index (χ0v) is 51.0. The molecule has 0 N–H and O–H groups in total. The molecule has 0 spiro atoms. The van der Waals surface area contributed by atoms with Crippen molar-refractivity contribution in [3.05, 3.63) is 299 Å². The number of benzene rings is 12. The Balaban J connectivity index is 1.02. The van der Waals surface area contributed by atoms with Gasteiger partial charge in [-0.1, -0.05) is 210 Å². The second kappa shape index (κ2) is 21.7. The Morgan fingerprint density at radius 2 is 0.545 bits per heavy atom. The van der Waals surface area contributed by atoms with Gasteiger partial charge in [0.05, 0.1) is 44.8 Å². The van der Waals surface area contributed by atoms with E-state index in [0.717, 1.165) is 72.6 Å². The molecule has 0 radical (unpaired) electrons. The van der Waals surface area contributed by atoms with E-state index >= 15 is 0 Å². The van der Waals surface area contributed by atoms with Crippen molar-refractivity contribution in [1.29, 1.82) is 0 Å². The molecule has 15 aromatic rings. The van der Waals surface area contributed by atoms with Gasteiger partial charge in [-0.3, -0.25) is 0 Å². The Bertz CT molecular complexity index is 5010. The monoisotopic (exact) mass is 1130 g/mol. The van der Waals surface area contributed by atoms with Crippen LogP contribution in [0.5, 0.6) is 0 Å². The first-order valence-corrected chi connectivity index (χ1v) is 30.6. The molecule has 0 unspecified atom stereocenters. The van der Waals surface area contributed by atoms with E-state index in [0.29, 0.717) is 5.82 Å². The second-order valence-electron chi connectivity index (χ2n) is 24.3. The molecule has 0 saturated carbocycles. The first kappa shape index (κ1) is 54.0. The molecule has 0 aliphatic carbocycles. The largest absolute Gasteiger partial charge is 0.309 e. The van der Waals surface area contributed by atoms with Gasteiger partial charge >= 0.3 is 0 Å². The van der Waals surface area contributed by atoms with Gasteiger partial charge in [0.25, 0.3) is 0 Å². The number of fused-ring (bicyclic) bond motifs is 6. The van der Waals surface area contributed by atoms with E-state index < -0.39 is 0 Å². The Labute approximate surface area is 515 Å². The van der Waals surface area contributed by atoms with E-state index in [1.807, 2.05) is 0 Å². The Morgan fingerprint density at radius 3 is 0.920 bits per heavy atom. The standard InChI is InChI=1S/C84H66N4/c1-51-23-32-66(55(5)41-51)61-28-37-79-72(45-61)73-46-62(67-33-24-52(2)42-56(67)6)29-38-80(73)87(79)78-22-16-15-21-70(78)71-36-27-65(84-85-76(59-17-11-9-12-18-59)50-77(86-84)60-19-13-10-14-20-60)49-83(71)88-81-39-30-63(68-34-25-53(3)43-57(68)7)47-74(81)75-48-64(31-40-82(75)88)69-35-26-54(4)44-58(69)8/h9-50H,1-8H3. The smallest absolute Gasteiger partial charge is 0.160 e. The third-order valence-electron chi connectivity index (χ3n) is 18.1. The molecular formula is C84H66N4. The van der Waals surface area contributed by atoms with Crippen LogP contribution in [0.4, 0.5) is 0 Å². The zero-order chi connectivity index (χ0) is 59.9. The van der Waals surface area contributed by atoms with Gasteiger partial charge in [0.15, 0.2) is 5.82 Å². The van der Waals surface area contributed by atoms with Crippen LogP contribution in [0, 0.1) is 55.4 Å². The van der Waals surface area contributed by atoms with Crippen LogP contribution >= 0.6 is 0 Å². The maximum absolute atomic E-state index is 5.45. The molecule has 4 nitrogen and oxygen atoms in total. The van der Waals surface area contributed by atoms with Gasteiger partial charge in [0, 0.05) is 49.4 Å². The van der Waals surface area contributed by atoms with Gasteiger partial charge in [0.2, 0.25) is 0 Å². The third kappa shape index (κ3) is 9.50. The molecule has 12 aromatic carbocycles. The Kier molecular flexibility index (Phi) is 13.3. The lowest BCUT2D eigenvalue weighted by Gasteiger charge is -2.20. The third-order valence-corrected chi connectivity index (χ3v) is 18.1. The molecule has 0 aliphatic heterocycles. The molecule has 422 valence electrons. The molecule has 15 rings (SSSR count). The van der Waals surface area contributed by atoms with E-state index in [2.05, 4.69) is 319 Å². The van der Waals surface area contributed by atoms with Crippen molar-refractivity contribution < 1.29 is 0 Å². The van der Waals surface area contributed by atoms with Crippen molar-refractivity contribution in [1.82, 2.24) is 19.1 Å². The quantitative estimate of drug-likeness (QED) is 0.137. The normalized spacial score (nSPS) is 11.6. The first-order chi connectivity index (χ1) is 42.9. The summed E-state index contributed by atoms with van der Waals surface area (Å²) >= 11 is 0. The van der Waals surface area contributed by atoms with Crippen LogP contribution in [-0.2, 0) is 0 Å². The van der Waals surface area contributed by atoms with Gasteiger partial charge < -0.3 is 9.13 Å². The maximum atomic E-state index is 5.45. The molecule has 3 heterocycles. The minimum atomic E-state index is 0.651. The summed E-state index contributed by atoms with van der Waals surface area (Å²) in [6.07, 6.45) is 0. The van der Waals surface area contributed by atoms with E-state index in [4.69, 9.17) is 9.97 Å². The summed E-state index contributed by atoms with van der Waals surface area (Å²) in [4.78, 5) is 10.9. The lowest BCUT2D eigenvalue weighted by molar-refractivity contribution is 1.15. The van der Waals surface area contributed by atoms with Gasteiger partial charge in [0.1, 0.15) is 0 Å². The van der Waals surface area contributed by atoms with Crippen molar-refractivity contribution in [3.63, 3.8) is 0 Å². The lowest BCUT2D eigenvalue weighted by Crippen LogP contribution is -2.03.